The highest BCUT2D eigenvalue weighted by Crippen LogP contribution is 2.28. The van der Waals surface area contributed by atoms with Crippen molar-refractivity contribution in [1.82, 2.24) is 9.21 Å². The molecule has 1 aromatic rings. The highest BCUT2D eigenvalue weighted by Gasteiger charge is 2.30. The van der Waals surface area contributed by atoms with Crippen LogP contribution in [-0.2, 0) is 14.8 Å². The van der Waals surface area contributed by atoms with E-state index in [4.69, 9.17) is 11.6 Å². The summed E-state index contributed by atoms with van der Waals surface area (Å²) in [6, 6.07) is 4.41. The quantitative estimate of drug-likeness (QED) is 0.843. The number of amides is 1. The van der Waals surface area contributed by atoms with Gasteiger partial charge < -0.3 is 10.2 Å². The van der Waals surface area contributed by atoms with E-state index in [0.717, 1.165) is 0 Å². The smallest absolute Gasteiger partial charge is 0.244 e. The first-order valence-electron chi connectivity index (χ1n) is 7.62. The molecule has 1 aliphatic heterocycles. The molecule has 0 radical (unpaired) electrons. The van der Waals surface area contributed by atoms with Gasteiger partial charge in [-0.3, -0.25) is 4.79 Å². The van der Waals surface area contributed by atoms with E-state index in [1.54, 1.807) is 37.9 Å². The van der Waals surface area contributed by atoms with Crippen LogP contribution in [0.2, 0.25) is 5.02 Å². The highest BCUT2D eigenvalue weighted by atomic mass is 35.5. The molecule has 0 aliphatic carbocycles. The van der Waals surface area contributed by atoms with Crippen LogP contribution >= 0.6 is 11.6 Å². The number of sulfonamides is 1. The molecule has 0 saturated carbocycles. The molecule has 1 unspecified atom stereocenters. The first-order chi connectivity index (χ1) is 10.8. The van der Waals surface area contributed by atoms with Crippen LogP contribution < -0.4 is 5.32 Å². The molecule has 1 amide bonds. The molecule has 1 N–H and O–H groups in total. The number of hydrogen-bond acceptors (Lipinski definition) is 4. The number of halogens is 1. The molecule has 23 heavy (non-hydrogen) atoms. The van der Waals surface area contributed by atoms with E-state index in [-0.39, 0.29) is 21.9 Å². The van der Waals surface area contributed by atoms with Crippen molar-refractivity contribution in [3.05, 3.63) is 23.2 Å². The molecular weight excluding hydrogens is 338 g/mol. The van der Waals surface area contributed by atoms with Crippen LogP contribution in [0.3, 0.4) is 0 Å². The van der Waals surface area contributed by atoms with E-state index in [2.05, 4.69) is 5.32 Å². The number of anilines is 1. The van der Waals surface area contributed by atoms with Gasteiger partial charge >= 0.3 is 0 Å². The van der Waals surface area contributed by atoms with Crippen molar-refractivity contribution in [2.24, 2.45) is 0 Å². The van der Waals surface area contributed by atoms with Gasteiger partial charge in [0.1, 0.15) is 10.9 Å². The normalized spacial score (nSPS) is 18.7. The van der Waals surface area contributed by atoms with Gasteiger partial charge in [0.2, 0.25) is 15.9 Å². The standard InChI is InChI=1S/C15H22ClN3O3S/c1-4-19(5-2)23(21,22)14-10-11(6-7-12(14)16)17-13-8-9-18(3)15(13)20/h6-7,10,13,17H,4-5,8-9H2,1-3H3. The lowest BCUT2D eigenvalue weighted by atomic mass is 10.2. The van der Waals surface area contributed by atoms with E-state index in [9.17, 15) is 13.2 Å². The van der Waals surface area contributed by atoms with E-state index in [0.29, 0.717) is 31.7 Å². The molecule has 1 saturated heterocycles. The van der Waals surface area contributed by atoms with Crippen molar-refractivity contribution in [1.29, 1.82) is 0 Å². The van der Waals surface area contributed by atoms with Crippen molar-refractivity contribution in [3.8, 4) is 0 Å². The zero-order valence-electron chi connectivity index (χ0n) is 13.5. The number of carbonyl (C=O) groups excluding carboxylic acids is 1. The zero-order valence-corrected chi connectivity index (χ0v) is 15.1. The maximum atomic E-state index is 12.7. The number of nitrogens with zero attached hydrogens (tertiary/aromatic N) is 2. The molecule has 0 bridgehead atoms. The molecule has 2 rings (SSSR count). The second kappa shape index (κ2) is 7.07. The van der Waals surface area contributed by atoms with E-state index in [1.165, 1.54) is 10.4 Å². The fourth-order valence-corrected chi connectivity index (χ4v) is 4.61. The van der Waals surface area contributed by atoms with Crippen LogP contribution in [0.25, 0.3) is 0 Å². The molecular formula is C15H22ClN3O3S. The third-order valence-corrected chi connectivity index (χ3v) is 6.55. The minimum Gasteiger partial charge on any atom is -0.374 e. The van der Waals surface area contributed by atoms with Gasteiger partial charge in [-0.25, -0.2) is 8.42 Å². The first kappa shape index (κ1) is 18.0. The van der Waals surface area contributed by atoms with Crippen LogP contribution in [-0.4, -0.2) is 56.3 Å². The van der Waals surface area contributed by atoms with Crippen LogP contribution in [0.5, 0.6) is 0 Å². The van der Waals surface area contributed by atoms with Crippen molar-refractivity contribution in [2.75, 3.05) is 32.0 Å². The summed E-state index contributed by atoms with van der Waals surface area (Å²) in [6.07, 6.45) is 0.691. The molecule has 1 atom stereocenters. The Kier molecular flexibility index (Phi) is 5.54. The number of hydrogen-bond donors (Lipinski definition) is 1. The van der Waals surface area contributed by atoms with Gasteiger partial charge in [0.05, 0.1) is 5.02 Å². The average Bonchev–Trinajstić information content (AvgIpc) is 2.82. The van der Waals surface area contributed by atoms with Crippen LogP contribution in [0.4, 0.5) is 5.69 Å². The van der Waals surface area contributed by atoms with Crippen LogP contribution in [0.15, 0.2) is 23.1 Å². The Hall–Kier alpha value is -1.31. The molecule has 1 heterocycles. The van der Waals surface area contributed by atoms with Gasteiger partial charge in [0.25, 0.3) is 0 Å². The Labute approximate surface area is 142 Å². The Bertz CT molecular complexity index is 689. The number of likely N-dealkylation sites (tertiary alicyclic amines) is 1. The van der Waals surface area contributed by atoms with Crippen molar-refractivity contribution >= 4 is 33.2 Å². The third-order valence-electron chi connectivity index (χ3n) is 4.02. The summed E-state index contributed by atoms with van der Waals surface area (Å²) in [5.41, 5.74) is 0.578. The number of likely N-dealkylation sites (N-methyl/N-ethyl adjacent to an activating group) is 1. The Morgan fingerprint density at radius 3 is 2.52 bits per heavy atom. The Morgan fingerprint density at radius 1 is 1.35 bits per heavy atom. The topological polar surface area (TPSA) is 69.7 Å². The minimum absolute atomic E-state index is 0.00750. The Morgan fingerprint density at radius 2 is 2.00 bits per heavy atom. The molecule has 8 heteroatoms. The van der Waals surface area contributed by atoms with Gasteiger partial charge in [-0.2, -0.15) is 4.31 Å². The van der Waals surface area contributed by atoms with Crippen molar-refractivity contribution < 1.29 is 13.2 Å². The Balaban J connectivity index is 2.31. The molecule has 1 aromatic carbocycles. The van der Waals surface area contributed by atoms with Crippen molar-refractivity contribution in [3.63, 3.8) is 0 Å². The summed E-state index contributed by atoms with van der Waals surface area (Å²) in [5, 5.41) is 3.28. The first-order valence-corrected chi connectivity index (χ1v) is 9.44. The second-order valence-corrected chi connectivity index (χ2v) is 7.79. The zero-order chi connectivity index (χ0) is 17.2. The largest absolute Gasteiger partial charge is 0.374 e. The molecule has 1 fully saturated rings. The second-order valence-electron chi connectivity index (χ2n) is 5.48. The summed E-state index contributed by atoms with van der Waals surface area (Å²) >= 11 is 6.10. The molecule has 0 aromatic heterocycles. The minimum atomic E-state index is -3.65. The van der Waals surface area contributed by atoms with Gasteiger partial charge in [-0.1, -0.05) is 25.4 Å². The van der Waals surface area contributed by atoms with Gasteiger partial charge in [-0.05, 0) is 24.6 Å². The number of rotatable bonds is 6. The number of carbonyl (C=O) groups is 1. The summed E-state index contributed by atoms with van der Waals surface area (Å²) in [6.45, 7) is 5.00. The molecule has 0 spiro atoms. The lowest BCUT2D eigenvalue weighted by molar-refractivity contribution is -0.127. The van der Waals surface area contributed by atoms with Gasteiger partial charge in [0, 0.05) is 32.4 Å². The predicted molar refractivity (Wildman–Crippen MR) is 91.2 cm³/mol. The summed E-state index contributed by atoms with van der Waals surface area (Å²) in [4.78, 5) is 13.7. The average molecular weight is 360 g/mol. The number of benzene rings is 1. The summed E-state index contributed by atoms with van der Waals surface area (Å²) < 4.78 is 26.7. The van der Waals surface area contributed by atoms with E-state index >= 15 is 0 Å². The molecule has 1 aliphatic rings. The van der Waals surface area contributed by atoms with Crippen LogP contribution in [0.1, 0.15) is 20.3 Å². The monoisotopic (exact) mass is 359 g/mol. The van der Waals surface area contributed by atoms with E-state index < -0.39 is 10.0 Å². The predicted octanol–water partition coefficient (Wildman–Crippen LogP) is 2.01. The van der Waals surface area contributed by atoms with Gasteiger partial charge in [-0.15, -0.1) is 0 Å². The fraction of sp³-hybridized carbons (Fsp3) is 0.533. The van der Waals surface area contributed by atoms with Gasteiger partial charge in [0.15, 0.2) is 0 Å². The lowest BCUT2D eigenvalue weighted by Crippen LogP contribution is -2.32. The number of nitrogens with one attached hydrogen (secondary N) is 1. The molecule has 128 valence electrons. The van der Waals surface area contributed by atoms with Crippen LogP contribution in [0, 0.1) is 0 Å². The van der Waals surface area contributed by atoms with E-state index in [1.807, 2.05) is 0 Å². The maximum Gasteiger partial charge on any atom is 0.244 e. The lowest BCUT2D eigenvalue weighted by Gasteiger charge is -2.20. The molecule has 6 nitrogen and oxygen atoms in total. The van der Waals surface area contributed by atoms with Crippen molar-refractivity contribution in [2.45, 2.75) is 31.2 Å². The maximum absolute atomic E-state index is 12.7. The highest BCUT2D eigenvalue weighted by molar-refractivity contribution is 7.89. The SMILES string of the molecule is CCN(CC)S(=O)(=O)c1cc(NC2CCN(C)C2=O)ccc1Cl. The fourth-order valence-electron chi connectivity index (χ4n) is 2.65. The summed E-state index contributed by atoms with van der Waals surface area (Å²) in [7, 11) is -1.89. The summed E-state index contributed by atoms with van der Waals surface area (Å²) in [5.74, 6) is 0.00750. The third kappa shape index (κ3) is 3.62.